The van der Waals surface area contributed by atoms with Crippen LogP contribution >= 0.6 is 0 Å². The summed E-state index contributed by atoms with van der Waals surface area (Å²) in [6.07, 6.45) is 1.63. The molecule has 0 atom stereocenters. The predicted octanol–water partition coefficient (Wildman–Crippen LogP) is 0.379. The number of nitrogens with one attached hydrogen (secondary N) is 1. The maximum absolute atomic E-state index is 11.2. The van der Waals surface area contributed by atoms with E-state index in [0.717, 1.165) is 11.4 Å². The number of nitrogens with two attached hydrogens (primary N) is 1. The van der Waals surface area contributed by atoms with Gasteiger partial charge in [0.25, 0.3) is 0 Å². The first-order valence-corrected chi connectivity index (χ1v) is 5.15. The van der Waals surface area contributed by atoms with Crippen LogP contribution in [-0.4, -0.2) is 27.2 Å². The number of carbonyl (C=O) groups excluding carboxylic acids is 1. The molecule has 2 rings (SSSR count). The summed E-state index contributed by atoms with van der Waals surface area (Å²) in [6, 6.07) is 7.38. The number of hydrogen-bond acceptors (Lipinski definition) is 4. The van der Waals surface area contributed by atoms with Gasteiger partial charge in [0.15, 0.2) is 5.82 Å². The molecular weight excluding hydrogens is 218 g/mol. The number of hydrogen-bond donors (Lipinski definition) is 2. The number of carbonyl (C=O) groups is 1. The number of anilines is 1. The molecule has 2 aromatic rings. The van der Waals surface area contributed by atoms with Crippen LogP contribution in [0.1, 0.15) is 0 Å². The molecule has 88 valence electrons. The van der Waals surface area contributed by atoms with E-state index in [0.29, 0.717) is 5.69 Å². The van der Waals surface area contributed by atoms with E-state index in [4.69, 9.17) is 5.73 Å². The van der Waals surface area contributed by atoms with Gasteiger partial charge in [-0.25, -0.2) is 0 Å². The highest BCUT2D eigenvalue weighted by Gasteiger charge is 2.06. The average molecular weight is 231 g/mol. The number of nitrogens with zero attached hydrogens (tertiary/aromatic N) is 3. The standard InChI is InChI=1S/C11H13N5O/c1-16-7-13-15-11(16)8-3-2-4-9(5-8)14-10(17)6-12/h2-5,7H,6,12H2,1H3,(H,14,17). The first-order chi connectivity index (χ1) is 8.20. The van der Waals surface area contributed by atoms with Crippen molar-refractivity contribution in [2.45, 2.75) is 0 Å². The Labute approximate surface area is 98.5 Å². The minimum absolute atomic E-state index is 0.0335. The zero-order valence-electron chi connectivity index (χ0n) is 9.42. The minimum atomic E-state index is -0.222. The van der Waals surface area contributed by atoms with Gasteiger partial charge in [-0.1, -0.05) is 12.1 Å². The molecule has 17 heavy (non-hydrogen) atoms. The molecule has 0 fully saturated rings. The molecule has 0 saturated heterocycles. The predicted molar refractivity (Wildman–Crippen MR) is 64.1 cm³/mol. The van der Waals surface area contributed by atoms with E-state index in [1.165, 1.54) is 0 Å². The van der Waals surface area contributed by atoms with Crippen molar-refractivity contribution in [3.63, 3.8) is 0 Å². The second-order valence-corrected chi connectivity index (χ2v) is 3.60. The molecule has 3 N–H and O–H groups in total. The van der Waals surface area contributed by atoms with E-state index in [9.17, 15) is 4.79 Å². The lowest BCUT2D eigenvalue weighted by Gasteiger charge is -2.05. The van der Waals surface area contributed by atoms with Gasteiger partial charge in [-0.3, -0.25) is 4.79 Å². The Bertz CT molecular complexity index is 534. The van der Waals surface area contributed by atoms with Gasteiger partial charge in [0.1, 0.15) is 6.33 Å². The van der Waals surface area contributed by atoms with Crippen LogP contribution in [0.15, 0.2) is 30.6 Å². The van der Waals surface area contributed by atoms with Crippen LogP contribution < -0.4 is 11.1 Å². The molecule has 0 saturated carbocycles. The summed E-state index contributed by atoms with van der Waals surface area (Å²) in [5, 5.41) is 10.5. The fraction of sp³-hybridized carbons (Fsp3) is 0.182. The van der Waals surface area contributed by atoms with Gasteiger partial charge in [0.05, 0.1) is 6.54 Å². The van der Waals surface area contributed by atoms with Gasteiger partial charge in [-0.05, 0) is 12.1 Å². The summed E-state index contributed by atoms with van der Waals surface area (Å²) in [6.45, 7) is -0.0335. The lowest BCUT2D eigenvalue weighted by molar-refractivity contribution is -0.114. The number of rotatable bonds is 3. The second-order valence-electron chi connectivity index (χ2n) is 3.60. The van der Waals surface area contributed by atoms with Crippen molar-refractivity contribution in [3.8, 4) is 11.4 Å². The van der Waals surface area contributed by atoms with Crippen LogP contribution in [-0.2, 0) is 11.8 Å². The van der Waals surface area contributed by atoms with Crippen LogP contribution in [0.3, 0.4) is 0 Å². The third-order valence-corrected chi connectivity index (χ3v) is 2.30. The maximum atomic E-state index is 11.2. The molecule has 1 aromatic heterocycles. The van der Waals surface area contributed by atoms with E-state index in [1.807, 2.05) is 29.8 Å². The molecule has 0 bridgehead atoms. The van der Waals surface area contributed by atoms with Crippen molar-refractivity contribution in [1.29, 1.82) is 0 Å². The molecule has 1 heterocycles. The molecular formula is C11H13N5O. The summed E-state index contributed by atoms with van der Waals surface area (Å²) in [4.78, 5) is 11.2. The summed E-state index contributed by atoms with van der Waals surface area (Å²) in [5.41, 5.74) is 6.82. The van der Waals surface area contributed by atoms with E-state index >= 15 is 0 Å². The molecule has 0 radical (unpaired) electrons. The van der Waals surface area contributed by atoms with Crippen LogP contribution in [0.5, 0.6) is 0 Å². The molecule has 6 heteroatoms. The quantitative estimate of drug-likeness (QED) is 0.799. The summed E-state index contributed by atoms with van der Waals surface area (Å²) < 4.78 is 1.81. The van der Waals surface area contributed by atoms with E-state index < -0.39 is 0 Å². The van der Waals surface area contributed by atoms with Crippen molar-refractivity contribution in [2.75, 3.05) is 11.9 Å². The fourth-order valence-electron chi connectivity index (χ4n) is 1.49. The summed E-state index contributed by atoms with van der Waals surface area (Å²) in [7, 11) is 1.86. The molecule has 0 aliphatic carbocycles. The monoisotopic (exact) mass is 231 g/mol. The van der Waals surface area contributed by atoms with Gasteiger partial charge in [-0.15, -0.1) is 10.2 Å². The number of aryl methyl sites for hydroxylation is 1. The van der Waals surface area contributed by atoms with Crippen molar-refractivity contribution in [2.24, 2.45) is 12.8 Å². The number of amides is 1. The Morgan fingerprint density at radius 2 is 2.35 bits per heavy atom. The second kappa shape index (κ2) is 4.75. The van der Waals surface area contributed by atoms with Crippen LogP contribution in [0, 0.1) is 0 Å². The number of benzene rings is 1. The van der Waals surface area contributed by atoms with E-state index in [1.54, 1.807) is 12.4 Å². The first kappa shape index (κ1) is 11.3. The summed E-state index contributed by atoms with van der Waals surface area (Å²) >= 11 is 0. The summed E-state index contributed by atoms with van der Waals surface area (Å²) in [5.74, 6) is 0.522. The Balaban J connectivity index is 2.29. The highest BCUT2D eigenvalue weighted by atomic mass is 16.1. The van der Waals surface area contributed by atoms with Gasteiger partial charge in [0.2, 0.25) is 5.91 Å². The Hall–Kier alpha value is -2.21. The zero-order chi connectivity index (χ0) is 12.3. The van der Waals surface area contributed by atoms with Gasteiger partial charge in [0, 0.05) is 18.3 Å². The zero-order valence-corrected chi connectivity index (χ0v) is 9.42. The van der Waals surface area contributed by atoms with E-state index in [-0.39, 0.29) is 12.5 Å². The molecule has 0 aliphatic rings. The largest absolute Gasteiger partial charge is 0.325 e. The maximum Gasteiger partial charge on any atom is 0.238 e. The molecule has 0 spiro atoms. The first-order valence-electron chi connectivity index (χ1n) is 5.15. The van der Waals surface area contributed by atoms with Crippen molar-refractivity contribution < 1.29 is 4.79 Å². The normalized spacial score (nSPS) is 10.2. The molecule has 1 amide bonds. The van der Waals surface area contributed by atoms with Crippen LogP contribution in [0.25, 0.3) is 11.4 Å². The smallest absolute Gasteiger partial charge is 0.238 e. The number of aromatic nitrogens is 3. The van der Waals surface area contributed by atoms with Gasteiger partial charge < -0.3 is 15.6 Å². The molecule has 0 unspecified atom stereocenters. The highest BCUT2D eigenvalue weighted by molar-refractivity contribution is 5.92. The lowest BCUT2D eigenvalue weighted by Crippen LogP contribution is -2.21. The van der Waals surface area contributed by atoms with Crippen molar-refractivity contribution in [3.05, 3.63) is 30.6 Å². The SMILES string of the molecule is Cn1cnnc1-c1cccc(NC(=O)CN)c1. The lowest BCUT2D eigenvalue weighted by atomic mass is 10.2. The average Bonchev–Trinajstić information content (AvgIpc) is 2.75. The van der Waals surface area contributed by atoms with Gasteiger partial charge in [-0.2, -0.15) is 0 Å². The van der Waals surface area contributed by atoms with Gasteiger partial charge >= 0.3 is 0 Å². The topological polar surface area (TPSA) is 85.8 Å². The third kappa shape index (κ3) is 2.48. The van der Waals surface area contributed by atoms with Crippen LogP contribution in [0.2, 0.25) is 0 Å². The Morgan fingerprint density at radius 3 is 3.00 bits per heavy atom. The fourth-order valence-corrected chi connectivity index (χ4v) is 1.49. The minimum Gasteiger partial charge on any atom is -0.325 e. The third-order valence-electron chi connectivity index (χ3n) is 2.30. The highest BCUT2D eigenvalue weighted by Crippen LogP contribution is 2.19. The Kier molecular flexibility index (Phi) is 3.15. The van der Waals surface area contributed by atoms with E-state index in [2.05, 4.69) is 15.5 Å². The molecule has 1 aromatic carbocycles. The van der Waals surface area contributed by atoms with Crippen LogP contribution in [0.4, 0.5) is 5.69 Å². The van der Waals surface area contributed by atoms with Crippen molar-refractivity contribution >= 4 is 11.6 Å². The van der Waals surface area contributed by atoms with Crippen molar-refractivity contribution in [1.82, 2.24) is 14.8 Å². The Morgan fingerprint density at radius 1 is 1.53 bits per heavy atom. The molecule has 0 aliphatic heterocycles. The molecule has 6 nitrogen and oxygen atoms in total.